The van der Waals surface area contributed by atoms with Crippen LogP contribution in [0.25, 0.3) is 0 Å². The lowest BCUT2D eigenvalue weighted by Gasteiger charge is -2.41. The molecular weight excluding hydrogens is 294 g/mol. The summed E-state index contributed by atoms with van der Waals surface area (Å²) in [6.07, 6.45) is 13.8. The van der Waals surface area contributed by atoms with E-state index in [1.54, 1.807) is 0 Å². The highest BCUT2D eigenvalue weighted by Crippen LogP contribution is 2.46. The number of aromatic nitrogens is 1. The minimum atomic E-state index is 0.000835. The smallest absolute Gasteiger partial charge is 0.0822 e. The maximum atomic E-state index is 4.63. The molecule has 1 aromatic rings. The van der Waals surface area contributed by atoms with Crippen molar-refractivity contribution in [3.8, 4) is 0 Å². The molecule has 0 radical (unpaired) electrons. The molecule has 4 atom stereocenters. The summed E-state index contributed by atoms with van der Waals surface area (Å²) in [6, 6.07) is 4.90. The van der Waals surface area contributed by atoms with Gasteiger partial charge in [-0.3, -0.25) is 9.98 Å². The van der Waals surface area contributed by atoms with Gasteiger partial charge in [0.1, 0.15) is 0 Å². The summed E-state index contributed by atoms with van der Waals surface area (Å²) >= 11 is 0. The maximum Gasteiger partial charge on any atom is 0.0822 e. The van der Waals surface area contributed by atoms with Crippen molar-refractivity contribution in [1.82, 2.24) is 10.3 Å². The number of nitrogens with one attached hydrogen (secondary N) is 1. The third-order valence-corrected chi connectivity index (χ3v) is 5.86. The van der Waals surface area contributed by atoms with Gasteiger partial charge in [-0.25, -0.2) is 0 Å². The minimum absolute atomic E-state index is 0.000835. The van der Waals surface area contributed by atoms with Crippen LogP contribution in [0.3, 0.4) is 0 Å². The summed E-state index contributed by atoms with van der Waals surface area (Å²) in [4.78, 5) is 9.06. The molecule has 3 aliphatic rings. The Hall–Kier alpha value is -1.74. The Labute approximate surface area is 145 Å². The van der Waals surface area contributed by atoms with Crippen LogP contribution < -0.4 is 5.32 Å². The van der Waals surface area contributed by atoms with E-state index in [2.05, 4.69) is 59.6 Å². The van der Waals surface area contributed by atoms with Crippen molar-refractivity contribution in [1.29, 1.82) is 0 Å². The fraction of sp³-hybridized carbons (Fsp3) is 0.524. The van der Waals surface area contributed by atoms with Crippen molar-refractivity contribution in [2.45, 2.75) is 58.0 Å². The van der Waals surface area contributed by atoms with E-state index in [1.807, 2.05) is 13.1 Å². The fourth-order valence-electron chi connectivity index (χ4n) is 4.67. The highest BCUT2D eigenvalue weighted by Gasteiger charge is 2.50. The molecule has 1 fully saturated rings. The molecule has 24 heavy (non-hydrogen) atoms. The predicted octanol–water partition coefficient (Wildman–Crippen LogP) is 3.99. The van der Waals surface area contributed by atoms with Crippen molar-refractivity contribution < 1.29 is 0 Å². The fourth-order valence-corrected chi connectivity index (χ4v) is 4.67. The SMILES string of the molecule is CC1=CC2=CC(CCc3ccc(C)nc3)CC3CC(C)NC23C=N1. The summed E-state index contributed by atoms with van der Waals surface area (Å²) < 4.78 is 0. The summed E-state index contributed by atoms with van der Waals surface area (Å²) in [6.45, 7) is 6.44. The third-order valence-electron chi connectivity index (χ3n) is 5.86. The summed E-state index contributed by atoms with van der Waals surface area (Å²) in [5.74, 6) is 1.32. The quantitative estimate of drug-likeness (QED) is 0.914. The van der Waals surface area contributed by atoms with Crippen LogP contribution in [-0.2, 0) is 6.42 Å². The van der Waals surface area contributed by atoms with Crippen LogP contribution in [0.4, 0.5) is 0 Å². The molecule has 0 bridgehead atoms. The van der Waals surface area contributed by atoms with Crippen molar-refractivity contribution in [3.63, 3.8) is 0 Å². The van der Waals surface area contributed by atoms with Gasteiger partial charge >= 0.3 is 0 Å². The Morgan fingerprint density at radius 2 is 2.12 bits per heavy atom. The zero-order valence-electron chi connectivity index (χ0n) is 14.9. The van der Waals surface area contributed by atoms with E-state index in [4.69, 9.17) is 0 Å². The van der Waals surface area contributed by atoms with Gasteiger partial charge in [0.15, 0.2) is 0 Å². The summed E-state index contributed by atoms with van der Waals surface area (Å²) in [5.41, 5.74) is 5.01. The average molecular weight is 321 g/mol. The Balaban J connectivity index is 1.54. The molecule has 0 amide bonds. The van der Waals surface area contributed by atoms with Crippen LogP contribution in [0.2, 0.25) is 0 Å². The Bertz CT molecular complexity index is 713. The lowest BCUT2D eigenvalue weighted by atomic mass is 9.68. The van der Waals surface area contributed by atoms with E-state index < -0.39 is 0 Å². The Kier molecular flexibility index (Phi) is 3.92. The number of hydrogen-bond acceptors (Lipinski definition) is 3. The number of aliphatic imine (C=N–C) groups is 1. The number of pyridine rings is 1. The van der Waals surface area contributed by atoms with Crippen LogP contribution >= 0.6 is 0 Å². The molecule has 4 unspecified atom stereocenters. The molecule has 3 heterocycles. The largest absolute Gasteiger partial charge is 0.300 e. The van der Waals surface area contributed by atoms with Crippen molar-refractivity contribution in [3.05, 3.63) is 53.0 Å². The molecule has 3 heteroatoms. The minimum Gasteiger partial charge on any atom is -0.300 e. The second-order valence-corrected chi connectivity index (χ2v) is 7.86. The number of nitrogens with zero attached hydrogens (tertiary/aromatic N) is 2. The van der Waals surface area contributed by atoms with Crippen LogP contribution in [0.5, 0.6) is 0 Å². The van der Waals surface area contributed by atoms with Gasteiger partial charge < -0.3 is 5.32 Å². The van der Waals surface area contributed by atoms with Crippen molar-refractivity contribution in [2.24, 2.45) is 16.8 Å². The van der Waals surface area contributed by atoms with Crippen LogP contribution in [-0.4, -0.2) is 22.8 Å². The molecule has 1 spiro atoms. The molecular formula is C21H27N3. The van der Waals surface area contributed by atoms with E-state index in [0.29, 0.717) is 17.9 Å². The molecule has 126 valence electrons. The molecule has 4 rings (SSSR count). The monoisotopic (exact) mass is 321 g/mol. The zero-order valence-corrected chi connectivity index (χ0v) is 14.9. The molecule has 0 aromatic carbocycles. The van der Waals surface area contributed by atoms with Gasteiger partial charge in [0.05, 0.1) is 5.54 Å². The molecule has 1 aromatic heterocycles. The second kappa shape index (κ2) is 5.96. The van der Waals surface area contributed by atoms with Gasteiger partial charge in [-0.15, -0.1) is 0 Å². The molecule has 1 aliphatic carbocycles. The molecule has 1 N–H and O–H groups in total. The van der Waals surface area contributed by atoms with Crippen LogP contribution in [0.1, 0.15) is 44.4 Å². The topological polar surface area (TPSA) is 37.3 Å². The second-order valence-electron chi connectivity index (χ2n) is 7.86. The normalized spacial score (nSPS) is 34.4. The number of allylic oxidation sites excluding steroid dienone is 2. The molecule has 0 saturated carbocycles. The number of aryl methyl sites for hydroxylation is 2. The van der Waals surface area contributed by atoms with E-state index in [0.717, 1.165) is 17.8 Å². The van der Waals surface area contributed by atoms with Gasteiger partial charge in [0, 0.05) is 29.8 Å². The third kappa shape index (κ3) is 2.75. The van der Waals surface area contributed by atoms with E-state index in [-0.39, 0.29) is 5.54 Å². The van der Waals surface area contributed by atoms with Gasteiger partial charge in [0.2, 0.25) is 0 Å². The average Bonchev–Trinajstić information content (AvgIpc) is 2.88. The molecule has 2 aliphatic heterocycles. The van der Waals surface area contributed by atoms with Crippen LogP contribution in [0, 0.1) is 18.8 Å². The first-order valence-electron chi connectivity index (χ1n) is 9.20. The van der Waals surface area contributed by atoms with Gasteiger partial charge in [-0.1, -0.05) is 12.1 Å². The highest BCUT2D eigenvalue weighted by molar-refractivity contribution is 5.81. The van der Waals surface area contributed by atoms with Gasteiger partial charge in [-0.2, -0.15) is 0 Å². The van der Waals surface area contributed by atoms with E-state index >= 15 is 0 Å². The predicted molar refractivity (Wildman–Crippen MR) is 99.2 cm³/mol. The molecule has 3 nitrogen and oxygen atoms in total. The van der Waals surface area contributed by atoms with Crippen LogP contribution in [0.15, 0.2) is 46.7 Å². The standard InChI is InChI=1S/C21H27N3/c1-14-4-5-17(12-22-14)6-7-18-10-19-8-15(2)23-13-21(19)20(11-18)9-16(3)24-21/h4-5,8,10,12-13,16,18,20,24H,6-7,9,11H2,1-3H3. The van der Waals surface area contributed by atoms with Crippen molar-refractivity contribution >= 4 is 6.21 Å². The number of rotatable bonds is 3. The maximum absolute atomic E-state index is 4.63. The molecule has 1 saturated heterocycles. The Morgan fingerprint density at radius 3 is 2.92 bits per heavy atom. The first-order valence-corrected chi connectivity index (χ1v) is 9.20. The Morgan fingerprint density at radius 1 is 1.25 bits per heavy atom. The highest BCUT2D eigenvalue weighted by atomic mass is 15.1. The first-order chi connectivity index (χ1) is 11.5. The van der Waals surface area contributed by atoms with E-state index in [1.165, 1.54) is 30.4 Å². The summed E-state index contributed by atoms with van der Waals surface area (Å²) in [7, 11) is 0. The van der Waals surface area contributed by atoms with Crippen molar-refractivity contribution in [2.75, 3.05) is 0 Å². The van der Waals surface area contributed by atoms with Gasteiger partial charge in [0.25, 0.3) is 0 Å². The lowest BCUT2D eigenvalue weighted by molar-refractivity contribution is 0.326. The number of hydrogen-bond donors (Lipinski definition) is 1. The lowest BCUT2D eigenvalue weighted by Crippen LogP contribution is -2.52. The summed E-state index contributed by atoms with van der Waals surface area (Å²) in [5, 5.41) is 3.82. The van der Waals surface area contributed by atoms with Gasteiger partial charge in [-0.05, 0) is 81.6 Å². The first kappa shape index (κ1) is 15.8. The zero-order chi connectivity index (χ0) is 16.7. The van der Waals surface area contributed by atoms with E-state index in [9.17, 15) is 0 Å².